The average Bonchev–Trinajstić information content (AvgIpc) is 3.13. The molecule has 1 saturated heterocycles. The first-order valence-corrected chi connectivity index (χ1v) is 10.7. The Hall–Kier alpha value is -2.92. The van der Waals surface area contributed by atoms with Crippen LogP contribution in [0, 0.1) is 13.8 Å². The third kappa shape index (κ3) is 4.62. The summed E-state index contributed by atoms with van der Waals surface area (Å²) in [5.74, 6) is 1.43. The predicted molar refractivity (Wildman–Crippen MR) is 119 cm³/mol. The van der Waals surface area contributed by atoms with E-state index in [1.165, 1.54) is 5.56 Å². The molecule has 1 amide bonds. The highest BCUT2D eigenvalue weighted by atomic mass is 16.3. The van der Waals surface area contributed by atoms with Crippen LogP contribution in [-0.4, -0.2) is 41.5 Å². The Kier molecular flexibility index (Phi) is 6.29. The van der Waals surface area contributed by atoms with Gasteiger partial charge in [0.25, 0.3) is 5.91 Å². The molecule has 4 rings (SSSR count). The third-order valence-corrected chi connectivity index (χ3v) is 5.90. The van der Waals surface area contributed by atoms with E-state index >= 15 is 0 Å². The lowest BCUT2D eigenvalue weighted by atomic mass is 10.0. The summed E-state index contributed by atoms with van der Waals surface area (Å²) in [6.45, 7) is 6.77. The maximum Gasteiger partial charge on any atom is 0.262 e. The molecule has 3 aromatic rings. The molecule has 2 aromatic heterocycles. The Morgan fingerprint density at radius 3 is 2.53 bits per heavy atom. The summed E-state index contributed by atoms with van der Waals surface area (Å²) in [5, 5.41) is 0. The zero-order valence-corrected chi connectivity index (χ0v) is 17.8. The lowest BCUT2D eigenvalue weighted by Crippen LogP contribution is -2.48. The van der Waals surface area contributed by atoms with Gasteiger partial charge in [0.05, 0.1) is 17.4 Å². The van der Waals surface area contributed by atoms with Crippen LogP contribution in [-0.2, 0) is 6.42 Å². The van der Waals surface area contributed by atoms with Crippen molar-refractivity contribution >= 4 is 11.6 Å². The summed E-state index contributed by atoms with van der Waals surface area (Å²) in [7, 11) is 0. The highest BCUT2D eigenvalue weighted by Crippen LogP contribution is 2.27. The monoisotopic (exact) mass is 403 g/mol. The van der Waals surface area contributed by atoms with Crippen LogP contribution < -0.4 is 4.90 Å². The molecular formula is C25H29N3O2. The Morgan fingerprint density at radius 2 is 1.90 bits per heavy atom. The van der Waals surface area contributed by atoms with E-state index in [4.69, 9.17) is 4.42 Å². The molecule has 0 bridgehead atoms. The van der Waals surface area contributed by atoms with Gasteiger partial charge in [0.2, 0.25) is 0 Å². The van der Waals surface area contributed by atoms with Crippen LogP contribution in [0.15, 0.2) is 65.3 Å². The number of hydrogen-bond donors (Lipinski definition) is 0. The molecule has 5 nitrogen and oxygen atoms in total. The number of rotatable bonds is 6. The first kappa shape index (κ1) is 20.4. The fourth-order valence-corrected chi connectivity index (χ4v) is 4.30. The van der Waals surface area contributed by atoms with E-state index < -0.39 is 0 Å². The van der Waals surface area contributed by atoms with Gasteiger partial charge in [-0.05, 0) is 56.9 Å². The highest BCUT2D eigenvalue weighted by Gasteiger charge is 2.31. The van der Waals surface area contributed by atoms with Crippen molar-refractivity contribution in [1.29, 1.82) is 0 Å². The number of hydrogen-bond acceptors (Lipinski definition) is 4. The molecule has 0 aliphatic carbocycles. The molecule has 156 valence electrons. The Morgan fingerprint density at radius 1 is 1.13 bits per heavy atom. The van der Waals surface area contributed by atoms with Gasteiger partial charge in [-0.15, -0.1) is 0 Å². The summed E-state index contributed by atoms with van der Waals surface area (Å²) in [6.07, 6.45) is 6.48. The number of nitrogens with zero attached hydrogens (tertiary/aromatic N) is 3. The fraction of sp³-hybridized carbons (Fsp3) is 0.360. The lowest BCUT2D eigenvalue weighted by Gasteiger charge is -2.38. The van der Waals surface area contributed by atoms with Crippen LogP contribution in [0.4, 0.5) is 5.69 Å². The molecule has 0 spiro atoms. The predicted octanol–water partition coefficient (Wildman–Crippen LogP) is 4.65. The number of likely N-dealkylation sites (tertiary alicyclic amines) is 1. The number of piperidine rings is 1. The van der Waals surface area contributed by atoms with Crippen LogP contribution >= 0.6 is 0 Å². The van der Waals surface area contributed by atoms with Crippen LogP contribution in [0.2, 0.25) is 0 Å². The fourth-order valence-electron chi connectivity index (χ4n) is 4.30. The maximum absolute atomic E-state index is 13.5. The molecule has 1 aromatic carbocycles. The second-order valence-corrected chi connectivity index (χ2v) is 8.02. The van der Waals surface area contributed by atoms with Crippen molar-refractivity contribution in [2.45, 2.75) is 39.2 Å². The number of carbonyl (C=O) groups excluding carboxylic acids is 1. The van der Waals surface area contributed by atoms with Gasteiger partial charge in [0, 0.05) is 31.9 Å². The summed E-state index contributed by atoms with van der Waals surface area (Å²) in [6, 6.07) is 16.5. The Bertz CT molecular complexity index is 961. The van der Waals surface area contributed by atoms with Crippen molar-refractivity contribution in [3.63, 3.8) is 0 Å². The standard InChI is InChI=1S/C25H29N3O2/c1-19-17-24(20(2)30-19)25(29)28(23-9-6-13-26-18-23)22-11-15-27(16-12-22)14-10-21-7-4-3-5-8-21/h3-9,13,17-18,22H,10-12,14-16H2,1-2H3. The van der Waals surface area contributed by atoms with E-state index in [0.29, 0.717) is 11.3 Å². The molecule has 1 aliphatic heterocycles. The molecular weight excluding hydrogens is 374 g/mol. The van der Waals surface area contributed by atoms with E-state index in [2.05, 4.69) is 40.2 Å². The van der Waals surface area contributed by atoms with Crippen molar-refractivity contribution < 1.29 is 9.21 Å². The number of aromatic nitrogens is 1. The van der Waals surface area contributed by atoms with E-state index in [1.807, 2.05) is 36.9 Å². The number of pyridine rings is 1. The zero-order valence-electron chi connectivity index (χ0n) is 17.8. The number of anilines is 1. The lowest BCUT2D eigenvalue weighted by molar-refractivity contribution is 0.0958. The molecule has 0 unspecified atom stereocenters. The van der Waals surface area contributed by atoms with Crippen molar-refractivity contribution in [2.24, 2.45) is 0 Å². The van der Waals surface area contributed by atoms with Crippen molar-refractivity contribution in [3.05, 3.63) is 83.6 Å². The van der Waals surface area contributed by atoms with Crippen molar-refractivity contribution in [3.8, 4) is 0 Å². The third-order valence-electron chi connectivity index (χ3n) is 5.90. The Balaban J connectivity index is 1.46. The largest absolute Gasteiger partial charge is 0.466 e. The maximum atomic E-state index is 13.5. The van der Waals surface area contributed by atoms with Crippen LogP contribution in [0.1, 0.15) is 40.3 Å². The van der Waals surface area contributed by atoms with Crippen molar-refractivity contribution in [1.82, 2.24) is 9.88 Å². The van der Waals surface area contributed by atoms with Gasteiger partial charge >= 0.3 is 0 Å². The minimum absolute atomic E-state index is 0.0000792. The van der Waals surface area contributed by atoms with Crippen LogP contribution in [0.3, 0.4) is 0 Å². The normalized spacial score (nSPS) is 15.3. The van der Waals surface area contributed by atoms with Gasteiger partial charge in [0.1, 0.15) is 11.5 Å². The molecule has 1 fully saturated rings. The van der Waals surface area contributed by atoms with E-state index in [1.54, 1.807) is 12.4 Å². The van der Waals surface area contributed by atoms with E-state index in [9.17, 15) is 4.79 Å². The molecule has 1 aliphatic rings. The van der Waals surface area contributed by atoms with Gasteiger partial charge in [0.15, 0.2) is 0 Å². The number of furan rings is 1. The first-order chi connectivity index (χ1) is 14.6. The smallest absolute Gasteiger partial charge is 0.262 e. The van der Waals surface area contributed by atoms with Gasteiger partial charge in [-0.3, -0.25) is 9.78 Å². The molecule has 0 saturated carbocycles. The van der Waals surface area contributed by atoms with E-state index in [0.717, 1.165) is 50.3 Å². The number of carbonyl (C=O) groups is 1. The van der Waals surface area contributed by atoms with Crippen LogP contribution in [0.5, 0.6) is 0 Å². The van der Waals surface area contributed by atoms with Gasteiger partial charge < -0.3 is 14.2 Å². The van der Waals surface area contributed by atoms with Gasteiger partial charge in [-0.1, -0.05) is 30.3 Å². The minimum atomic E-state index is 0.0000792. The number of aryl methyl sites for hydroxylation is 2. The first-order valence-electron chi connectivity index (χ1n) is 10.7. The summed E-state index contributed by atoms with van der Waals surface area (Å²) < 4.78 is 5.63. The van der Waals surface area contributed by atoms with Gasteiger partial charge in [-0.25, -0.2) is 0 Å². The molecule has 30 heavy (non-hydrogen) atoms. The summed E-state index contributed by atoms with van der Waals surface area (Å²) in [5.41, 5.74) is 2.86. The molecule has 0 N–H and O–H groups in total. The average molecular weight is 404 g/mol. The highest BCUT2D eigenvalue weighted by molar-refractivity contribution is 6.07. The number of benzene rings is 1. The minimum Gasteiger partial charge on any atom is -0.466 e. The number of amides is 1. The Labute approximate surface area is 178 Å². The summed E-state index contributed by atoms with van der Waals surface area (Å²) in [4.78, 5) is 22.2. The molecule has 5 heteroatoms. The van der Waals surface area contributed by atoms with E-state index in [-0.39, 0.29) is 11.9 Å². The SMILES string of the molecule is Cc1cc(C(=O)N(c2cccnc2)C2CCN(CCc3ccccc3)CC2)c(C)o1. The molecule has 0 radical (unpaired) electrons. The quantitative estimate of drug-likeness (QED) is 0.601. The molecule has 3 heterocycles. The second-order valence-electron chi connectivity index (χ2n) is 8.02. The second kappa shape index (κ2) is 9.26. The summed E-state index contributed by atoms with van der Waals surface area (Å²) >= 11 is 0. The van der Waals surface area contributed by atoms with Crippen molar-refractivity contribution in [2.75, 3.05) is 24.5 Å². The zero-order chi connectivity index (χ0) is 20.9. The van der Waals surface area contributed by atoms with Crippen LogP contribution in [0.25, 0.3) is 0 Å². The topological polar surface area (TPSA) is 49.6 Å². The van der Waals surface area contributed by atoms with Gasteiger partial charge in [-0.2, -0.15) is 0 Å². The molecule has 0 atom stereocenters.